The Balaban J connectivity index is 1.89. The Hall–Kier alpha value is -2.83. The molecule has 0 radical (unpaired) electrons. The molecule has 2 aromatic rings. The van der Waals surface area contributed by atoms with Gasteiger partial charge in [0.05, 0.1) is 20.3 Å². The molecule has 1 aromatic carbocycles. The van der Waals surface area contributed by atoms with Crippen molar-refractivity contribution in [1.29, 1.82) is 0 Å². The van der Waals surface area contributed by atoms with Gasteiger partial charge in [-0.25, -0.2) is 14.6 Å². The van der Waals surface area contributed by atoms with E-state index in [4.69, 9.17) is 4.74 Å². The lowest BCUT2D eigenvalue weighted by Gasteiger charge is -2.06. The van der Waals surface area contributed by atoms with Crippen molar-refractivity contribution in [3.8, 4) is 5.75 Å². The summed E-state index contributed by atoms with van der Waals surface area (Å²) in [5, 5.41) is 7.32. The van der Waals surface area contributed by atoms with E-state index in [9.17, 15) is 0 Å². The fourth-order valence-electron chi connectivity index (χ4n) is 2.25. The SMILES string of the molecule is CCN=C(NCC)N/N=C\c1ccc(OCc2n(C)cc[n+]2C)cc1. The van der Waals surface area contributed by atoms with Crippen molar-refractivity contribution in [2.24, 2.45) is 24.2 Å². The summed E-state index contributed by atoms with van der Waals surface area (Å²) < 4.78 is 9.94. The molecule has 0 amide bonds. The highest BCUT2D eigenvalue weighted by Gasteiger charge is 2.11. The molecule has 0 saturated heterocycles. The van der Waals surface area contributed by atoms with Crippen molar-refractivity contribution in [3.05, 3.63) is 48.0 Å². The Kier molecular flexibility index (Phi) is 7.00. The van der Waals surface area contributed by atoms with E-state index in [-0.39, 0.29) is 0 Å². The van der Waals surface area contributed by atoms with Crippen molar-refractivity contribution in [2.45, 2.75) is 20.5 Å². The number of hydrogen-bond donors (Lipinski definition) is 2. The fourth-order valence-corrected chi connectivity index (χ4v) is 2.25. The van der Waals surface area contributed by atoms with E-state index < -0.39 is 0 Å². The molecule has 0 saturated carbocycles. The van der Waals surface area contributed by atoms with Crippen LogP contribution in [-0.4, -0.2) is 29.8 Å². The molecule has 0 fully saturated rings. The Bertz CT molecular complexity index is 698. The smallest absolute Gasteiger partial charge is 0.294 e. The first kappa shape index (κ1) is 18.5. The van der Waals surface area contributed by atoms with Crippen LogP contribution in [0.3, 0.4) is 0 Å². The van der Waals surface area contributed by atoms with Gasteiger partial charge in [0.25, 0.3) is 5.82 Å². The summed E-state index contributed by atoms with van der Waals surface area (Å²) in [6, 6.07) is 7.82. The van der Waals surface area contributed by atoms with Crippen molar-refractivity contribution in [2.75, 3.05) is 13.1 Å². The minimum atomic E-state index is 0.522. The second kappa shape index (κ2) is 9.46. The molecule has 7 heteroatoms. The van der Waals surface area contributed by atoms with Crippen LogP contribution in [0.1, 0.15) is 25.2 Å². The zero-order valence-corrected chi connectivity index (χ0v) is 15.4. The van der Waals surface area contributed by atoms with Crippen molar-refractivity contribution in [1.82, 2.24) is 15.3 Å². The molecule has 134 valence electrons. The van der Waals surface area contributed by atoms with Crippen molar-refractivity contribution < 1.29 is 9.30 Å². The minimum Gasteiger partial charge on any atom is -0.481 e. The lowest BCUT2D eigenvalue weighted by Crippen LogP contribution is -2.34. The van der Waals surface area contributed by atoms with Crippen LogP contribution in [0, 0.1) is 0 Å². The Morgan fingerprint density at radius 1 is 1.28 bits per heavy atom. The predicted octanol–water partition coefficient (Wildman–Crippen LogP) is 1.34. The van der Waals surface area contributed by atoms with Gasteiger partial charge in [-0.2, -0.15) is 5.10 Å². The third kappa shape index (κ3) is 5.63. The summed E-state index contributed by atoms with van der Waals surface area (Å²) >= 11 is 0. The highest BCUT2D eigenvalue weighted by atomic mass is 16.5. The monoisotopic (exact) mass is 343 g/mol. The van der Waals surface area contributed by atoms with Crippen LogP contribution in [-0.2, 0) is 20.7 Å². The van der Waals surface area contributed by atoms with Gasteiger partial charge in [0.1, 0.15) is 18.1 Å². The molecule has 25 heavy (non-hydrogen) atoms. The Morgan fingerprint density at radius 2 is 2.04 bits per heavy atom. The number of benzene rings is 1. The van der Waals surface area contributed by atoms with Crippen molar-refractivity contribution in [3.63, 3.8) is 0 Å². The van der Waals surface area contributed by atoms with Gasteiger partial charge < -0.3 is 10.1 Å². The molecule has 2 N–H and O–H groups in total. The normalized spacial score (nSPS) is 11.8. The summed E-state index contributed by atoms with van der Waals surface area (Å²) in [6.07, 6.45) is 5.77. The van der Waals surface area contributed by atoms with E-state index in [2.05, 4.69) is 20.8 Å². The van der Waals surface area contributed by atoms with Crippen molar-refractivity contribution >= 4 is 12.2 Å². The first-order chi connectivity index (χ1) is 12.1. The number of nitrogens with zero attached hydrogens (tertiary/aromatic N) is 4. The molecule has 0 unspecified atom stereocenters. The molecule has 7 nitrogen and oxygen atoms in total. The molecular weight excluding hydrogens is 316 g/mol. The maximum atomic E-state index is 5.84. The topological polar surface area (TPSA) is 66.8 Å². The van der Waals surface area contributed by atoms with E-state index in [1.807, 2.05) is 73.7 Å². The van der Waals surface area contributed by atoms with Crippen LogP contribution >= 0.6 is 0 Å². The first-order valence-electron chi connectivity index (χ1n) is 8.44. The Labute approximate surface area is 149 Å². The average molecular weight is 343 g/mol. The lowest BCUT2D eigenvalue weighted by molar-refractivity contribution is -0.680. The summed E-state index contributed by atoms with van der Waals surface area (Å²) in [5.41, 5.74) is 3.90. The average Bonchev–Trinajstić information content (AvgIpc) is 2.93. The van der Waals surface area contributed by atoms with Gasteiger partial charge in [-0.05, 0) is 43.7 Å². The third-order valence-corrected chi connectivity index (χ3v) is 3.62. The summed E-state index contributed by atoms with van der Waals surface area (Å²) in [6.45, 7) is 6.03. The van der Waals surface area contributed by atoms with Crippen LogP contribution in [0.15, 0.2) is 46.8 Å². The van der Waals surface area contributed by atoms with E-state index in [1.54, 1.807) is 6.21 Å². The van der Waals surface area contributed by atoms with Gasteiger partial charge >= 0.3 is 0 Å². The number of imidazole rings is 1. The zero-order valence-electron chi connectivity index (χ0n) is 15.4. The summed E-state index contributed by atoms with van der Waals surface area (Å²) in [5.74, 6) is 2.60. The number of guanidine groups is 1. The number of rotatable bonds is 7. The second-order valence-electron chi connectivity index (χ2n) is 5.52. The standard InChI is InChI=1S/C18H27N6O/c1-5-19-18(20-6-2)22-21-13-15-7-9-16(10-8-15)25-14-17-23(3)11-12-24(17)4/h7-13H,5-6,14H2,1-4H3,(H2,19,20,22)/q+1/b21-13-. The number of aryl methyl sites for hydroxylation is 2. The maximum absolute atomic E-state index is 5.84. The number of nitrogens with one attached hydrogen (secondary N) is 2. The van der Waals surface area contributed by atoms with E-state index >= 15 is 0 Å². The molecule has 2 rings (SSSR count). The van der Waals surface area contributed by atoms with Gasteiger partial charge in [0.2, 0.25) is 5.96 Å². The van der Waals surface area contributed by atoms with Crippen LogP contribution in [0.5, 0.6) is 5.75 Å². The number of ether oxygens (including phenoxy) is 1. The zero-order chi connectivity index (χ0) is 18.1. The second-order valence-corrected chi connectivity index (χ2v) is 5.52. The number of aliphatic imine (C=N–C) groups is 1. The number of aromatic nitrogens is 2. The van der Waals surface area contributed by atoms with Gasteiger partial charge in [-0.1, -0.05) is 0 Å². The van der Waals surface area contributed by atoms with Crippen LogP contribution in [0.4, 0.5) is 0 Å². The predicted molar refractivity (Wildman–Crippen MR) is 99.7 cm³/mol. The minimum absolute atomic E-state index is 0.522. The first-order valence-corrected chi connectivity index (χ1v) is 8.44. The maximum Gasteiger partial charge on any atom is 0.294 e. The Morgan fingerprint density at radius 3 is 2.64 bits per heavy atom. The van der Waals surface area contributed by atoms with E-state index in [0.29, 0.717) is 19.1 Å². The molecule has 1 heterocycles. The number of hydrogen-bond acceptors (Lipinski definition) is 3. The summed E-state index contributed by atoms with van der Waals surface area (Å²) in [4.78, 5) is 4.28. The molecule has 0 aliphatic rings. The number of hydrazone groups is 1. The van der Waals surface area contributed by atoms with Gasteiger partial charge in [0.15, 0.2) is 6.61 Å². The molecule has 0 aliphatic carbocycles. The van der Waals surface area contributed by atoms with Gasteiger partial charge in [-0.15, -0.1) is 0 Å². The molecule has 0 spiro atoms. The van der Waals surface area contributed by atoms with Crippen LogP contribution in [0.2, 0.25) is 0 Å². The molecule has 0 bridgehead atoms. The van der Waals surface area contributed by atoms with Crippen LogP contribution < -0.4 is 20.0 Å². The highest BCUT2D eigenvalue weighted by molar-refractivity contribution is 5.83. The fraction of sp³-hybridized carbons (Fsp3) is 0.389. The molecular formula is C18H27N6O+. The molecule has 1 aromatic heterocycles. The quantitative estimate of drug-likeness (QED) is 0.345. The van der Waals surface area contributed by atoms with Gasteiger partial charge in [0, 0.05) is 13.1 Å². The van der Waals surface area contributed by atoms with Gasteiger partial charge in [-0.3, -0.25) is 4.99 Å². The highest BCUT2D eigenvalue weighted by Crippen LogP contribution is 2.12. The van der Waals surface area contributed by atoms with Crippen LogP contribution in [0.25, 0.3) is 0 Å². The largest absolute Gasteiger partial charge is 0.481 e. The van der Waals surface area contributed by atoms with E-state index in [1.165, 1.54) is 0 Å². The molecule has 0 atom stereocenters. The molecule has 0 aliphatic heterocycles. The van der Waals surface area contributed by atoms with E-state index in [0.717, 1.165) is 23.7 Å². The lowest BCUT2D eigenvalue weighted by atomic mass is 10.2. The summed E-state index contributed by atoms with van der Waals surface area (Å²) in [7, 11) is 4.02. The third-order valence-electron chi connectivity index (χ3n) is 3.62.